The van der Waals surface area contributed by atoms with Crippen LogP contribution in [-0.2, 0) is 7.05 Å². The number of aromatic nitrogens is 2. The second kappa shape index (κ2) is 4.89. The van der Waals surface area contributed by atoms with E-state index >= 15 is 0 Å². The molecule has 7 heteroatoms. The summed E-state index contributed by atoms with van der Waals surface area (Å²) in [6, 6.07) is 11.3. The highest BCUT2D eigenvalue weighted by Gasteiger charge is 2.24. The zero-order valence-corrected chi connectivity index (χ0v) is 14.5. The van der Waals surface area contributed by atoms with Crippen LogP contribution in [0.2, 0.25) is 0 Å². The van der Waals surface area contributed by atoms with E-state index in [1.165, 1.54) is 19.2 Å². The summed E-state index contributed by atoms with van der Waals surface area (Å²) in [7, 11) is 1.41. The van der Waals surface area contributed by atoms with E-state index in [-0.39, 0.29) is 16.4 Å². The highest BCUT2D eigenvalue weighted by molar-refractivity contribution is 6.29. The fourth-order valence-electron chi connectivity index (χ4n) is 3.94. The van der Waals surface area contributed by atoms with Crippen LogP contribution in [0.25, 0.3) is 54.9 Å². The van der Waals surface area contributed by atoms with E-state index in [4.69, 9.17) is 8.83 Å². The molecule has 3 heterocycles. The summed E-state index contributed by atoms with van der Waals surface area (Å²) in [5.74, 6) is -0.437. The molecule has 136 valence electrons. The monoisotopic (exact) mass is 374 g/mol. The minimum Gasteiger partial charge on any atom is -0.449 e. The van der Waals surface area contributed by atoms with Crippen LogP contribution in [0.5, 0.6) is 0 Å². The summed E-state index contributed by atoms with van der Waals surface area (Å²) in [4.78, 5) is 28.9. The van der Waals surface area contributed by atoms with Gasteiger partial charge in [-0.3, -0.25) is 14.2 Å². The summed E-state index contributed by atoms with van der Waals surface area (Å²) < 4.78 is 27.0. The van der Waals surface area contributed by atoms with Crippen molar-refractivity contribution in [3.05, 3.63) is 69.0 Å². The lowest BCUT2D eigenvalue weighted by Crippen LogP contribution is -2.21. The minimum atomic E-state index is -0.480. The van der Waals surface area contributed by atoms with Crippen molar-refractivity contribution in [1.82, 2.24) is 9.55 Å². The predicted octanol–water partition coefficient (Wildman–Crippen LogP) is 4.16. The molecule has 0 bridgehead atoms. The second-order valence-corrected chi connectivity index (χ2v) is 6.79. The van der Waals surface area contributed by atoms with Crippen molar-refractivity contribution in [3.63, 3.8) is 0 Å². The number of rotatable bonds is 0. The van der Waals surface area contributed by atoms with E-state index in [0.29, 0.717) is 38.6 Å². The van der Waals surface area contributed by atoms with Gasteiger partial charge in [0.1, 0.15) is 11.2 Å². The molecule has 0 saturated heterocycles. The summed E-state index contributed by atoms with van der Waals surface area (Å²) in [6.45, 7) is 0. The van der Waals surface area contributed by atoms with Crippen molar-refractivity contribution in [1.29, 1.82) is 0 Å². The SMILES string of the molecule is Cn1c(=O)c2c3oc4ccccc4oc3c3[nH]c4ccc(F)cc4c3c2c1=O. The Morgan fingerprint density at radius 2 is 1.57 bits per heavy atom. The quantitative estimate of drug-likeness (QED) is 0.405. The lowest BCUT2D eigenvalue weighted by Gasteiger charge is -2.04. The van der Waals surface area contributed by atoms with E-state index in [9.17, 15) is 14.0 Å². The molecular weight excluding hydrogens is 363 g/mol. The first-order valence-electron chi connectivity index (χ1n) is 8.62. The van der Waals surface area contributed by atoms with E-state index in [0.717, 1.165) is 4.57 Å². The van der Waals surface area contributed by atoms with Gasteiger partial charge in [0.25, 0.3) is 11.1 Å². The number of aromatic amines is 1. The number of nitrogens with zero attached hydrogens (tertiary/aromatic N) is 1. The highest BCUT2D eigenvalue weighted by atomic mass is 19.1. The fraction of sp³-hybridized carbons (Fsp3) is 0.0476. The Kier molecular flexibility index (Phi) is 2.66. The Balaban J connectivity index is 2.07. The molecule has 0 aliphatic rings. The third-order valence-electron chi connectivity index (χ3n) is 5.23. The Morgan fingerprint density at radius 3 is 2.32 bits per heavy atom. The maximum Gasteiger partial charge on any atom is 0.265 e. The van der Waals surface area contributed by atoms with Crippen LogP contribution < -0.4 is 11.1 Å². The van der Waals surface area contributed by atoms with Crippen LogP contribution in [0.1, 0.15) is 0 Å². The van der Waals surface area contributed by atoms with Gasteiger partial charge in [-0.15, -0.1) is 0 Å². The minimum absolute atomic E-state index is 0.134. The van der Waals surface area contributed by atoms with Crippen molar-refractivity contribution in [2.75, 3.05) is 0 Å². The molecule has 0 radical (unpaired) electrons. The number of hydrogen-bond donors (Lipinski definition) is 1. The number of H-pyrrole nitrogens is 1. The maximum absolute atomic E-state index is 13.9. The first-order valence-corrected chi connectivity index (χ1v) is 8.62. The van der Waals surface area contributed by atoms with E-state index in [1.807, 2.05) is 0 Å². The van der Waals surface area contributed by atoms with Gasteiger partial charge in [0.15, 0.2) is 22.3 Å². The van der Waals surface area contributed by atoms with Crippen LogP contribution in [0.3, 0.4) is 0 Å². The Hall–Kier alpha value is -3.87. The van der Waals surface area contributed by atoms with Crippen molar-refractivity contribution in [2.45, 2.75) is 0 Å². The van der Waals surface area contributed by atoms with Crippen molar-refractivity contribution in [3.8, 4) is 0 Å². The third-order valence-corrected chi connectivity index (χ3v) is 5.23. The zero-order valence-electron chi connectivity index (χ0n) is 14.5. The first-order chi connectivity index (χ1) is 13.5. The van der Waals surface area contributed by atoms with Gasteiger partial charge in [-0.2, -0.15) is 0 Å². The van der Waals surface area contributed by atoms with E-state index in [2.05, 4.69) is 4.98 Å². The molecule has 1 N–H and O–H groups in total. The molecule has 6 nitrogen and oxygen atoms in total. The number of nitrogens with one attached hydrogen (secondary N) is 1. The average Bonchev–Trinajstić information content (AvgIpc) is 3.18. The lowest BCUT2D eigenvalue weighted by atomic mass is 10.1. The molecule has 28 heavy (non-hydrogen) atoms. The fourth-order valence-corrected chi connectivity index (χ4v) is 3.94. The van der Waals surface area contributed by atoms with Crippen LogP contribution in [0.15, 0.2) is 60.9 Å². The Labute approximate surface area is 154 Å². The summed E-state index contributed by atoms with van der Waals surface area (Å²) in [6.07, 6.45) is 0. The normalized spacial score (nSPS) is 12.2. The molecule has 3 aromatic heterocycles. The molecule has 0 atom stereocenters. The maximum atomic E-state index is 13.9. The molecule has 0 spiro atoms. The van der Waals surface area contributed by atoms with Gasteiger partial charge in [-0.1, -0.05) is 12.1 Å². The molecule has 0 unspecified atom stereocenters. The number of fused-ring (bicyclic) bond motifs is 9. The van der Waals surface area contributed by atoms with Gasteiger partial charge in [0, 0.05) is 23.3 Å². The van der Waals surface area contributed by atoms with Gasteiger partial charge < -0.3 is 13.8 Å². The topological polar surface area (TPSA) is 81.1 Å². The van der Waals surface area contributed by atoms with Crippen LogP contribution in [-0.4, -0.2) is 9.55 Å². The van der Waals surface area contributed by atoms with Gasteiger partial charge in [0.05, 0.1) is 10.9 Å². The number of hydrogen-bond acceptors (Lipinski definition) is 4. The van der Waals surface area contributed by atoms with Crippen LogP contribution in [0, 0.1) is 5.82 Å². The number of para-hydroxylation sites is 2. The first kappa shape index (κ1) is 15.2. The van der Waals surface area contributed by atoms with Crippen molar-refractivity contribution in [2.24, 2.45) is 7.05 Å². The molecule has 3 aromatic carbocycles. The van der Waals surface area contributed by atoms with Crippen molar-refractivity contribution >= 4 is 54.9 Å². The zero-order chi connectivity index (χ0) is 19.2. The molecule has 0 amide bonds. The Morgan fingerprint density at radius 1 is 0.893 bits per heavy atom. The largest absolute Gasteiger partial charge is 0.449 e. The molecule has 6 aromatic rings. The summed E-state index contributed by atoms with van der Waals surface area (Å²) in [5, 5.41) is 1.29. The smallest absolute Gasteiger partial charge is 0.265 e. The number of benzene rings is 3. The molecule has 0 aliphatic heterocycles. The molecule has 6 rings (SSSR count). The van der Waals surface area contributed by atoms with E-state index in [1.54, 1.807) is 30.3 Å². The summed E-state index contributed by atoms with van der Waals surface area (Å²) >= 11 is 0. The van der Waals surface area contributed by atoms with Crippen molar-refractivity contribution < 1.29 is 13.2 Å². The predicted molar refractivity (Wildman–Crippen MR) is 104 cm³/mol. The van der Waals surface area contributed by atoms with Gasteiger partial charge >= 0.3 is 0 Å². The third kappa shape index (κ3) is 1.70. The average molecular weight is 374 g/mol. The van der Waals surface area contributed by atoms with Gasteiger partial charge in [-0.05, 0) is 30.3 Å². The van der Waals surface area contributed by atoms with Gasteiger partial charge in [-0.25, -0.2) is 4.39 Å². The second-order valence-electron chi connectivity index (χ2n) is 6.79. The molecule has 0 aliphatic carbocycles. The van der Waals surface area contributed by atoms with Gasteiger partial charge in [0.2, 0.25) is 0 Å². The van der Waals surface area contributed by atoms with Crippen LogP contribution in [0.4, 0.5) is 4.39 Å². The standard InChI is InChI=1S/C21H11FN2O4/c1-24-20(25)15-14-10-8-9(22)6-7-11(10)23-17(14)19-18(16(15)21(24)26)27-12-4-2-3-5-13(12)28-19/h2-8,23H,1H3. The summed E-state index contributed by atoms with van der Waals surface area (Å²) in [5.41, 5.74) is 1.62. The van der Waals surface area contributed by atoms with Crippen LogP contribution >= 0.6 is 0 Å². The Bertz CT molecular complexity index is 1730. The molecule has 0 saturated carbocycles. The molecular formula is C21H11FN2O4. The lowest BCUT2D eigenvalue weighted by molar-refractivity contribution is 0.586. The van der Waals surface area contributed by atoms with E-state index < -0.39 is 16.9 Å². The molecule has 0 fully saturated rings. The highest BCUT2D eigenvalue weighted by Crippen LogP contribution is 2.38. The number of halogens is 1.